The van der Waals surface area contributed by atoms with Gasteiger partial charge in [0.15, 0.2) is 5.11 Å². The number of carbonyl (C=O) groups is 2. The molecular formula is C56H68ClN9O5S2. The van der Waals surface area contributed by atoms with Gasteiger partial charge in [-0.15, -0.1) is 0 Å². The van der Waals surface area contributed by atoms with Crippen LogP contribution in [0, 0.1) is 12.8 Å². The second kappa shape index (κ2) is 26.8. The first-order valence-electron chi connectivity index (χ1n) is 25.4. The van der Waals surface area contributed by atoms with E-state index in [1.165, 1.54) is 0 Å². The van der Waals surface area contributed by atoms with Gasteiger partial charge < -0.3 is 25.8 Å². The molecule has 73 heavy (non-hydrogen) atoms. The summed E-state index contributed by atoms with van der Waals surface area (Å²) in [6, 6.07) is 32.3. The van der Waals surface area contributed by atoms with Crippen molar-refractivity contribution in [1.29, 1.82) is 0 Å². The Kier molecular flexibility index (Phi) is 20.1. The molecule has 1 atom stereocenters. The van der Waals surface area contributed by atoms with Crippen LogP contribution >= 0.6 is 23.8 Å². The van der Waals surface area contributed by atoms with Gasteiger partial charge in [-0.3, -0.25) is 23.9 Å². The zero-order chi connectivity index (χ0) is 51.7. The number of carbonyl (C=O) groups excluding carboxylic acids is 2. The largest absolute Gasteiger partial charge is 0.358 e. The first-order valence-corrected chi connectivity index (χ1v) is 27.6. The molecular weight excluding hydrogens is 978 g/mol. The highest BCUT2D eigenvalue weighted by Gasteiger charge is 2.33. The fraction of sp³-hybridized carbons (Fsp3) is 0.393. The smallest absolute Gasteiger partial charge is 0.261 e. The van der Waals surface area contributed by atoms with Crippen molar-refractivity contribution < 1.29 is 18.0 Å². The van der Waals surface area contributed by atoms with Crippen molar-refractivity contribution in [3.63, 3.8) is 0 Å². The minimum atomic E-state index is -3.61. The van der Waals surface area contributed by atoms with E-state index in [9.17, 15) is 22.8 Å². The molecule has 7 rings (SSSR count). The van der Waals surface area contributed by atoms with Crippen molar-refractivity contribution in [3.8, 4) is 0 Å². The minimum Gasteiger partial charge on any atom is -0.358 e. The molecule has 0 saturated carbocycles. The zero-order valence-electron chi connectivity index (χ0n) is 42.1. The molecule has 1 aliphatic rings. The number of aromatic nitrogens is 3. The minimum absolute atomic E-state index is 0.0117. The van der Waals surface area contributed by atoms with E-state index in [1.807, 2.05) is 92.4 Å². The van der Waals surface area contributed by atoms with E-state index in [1.54, 1.807) is 63.7 Å². The Morgan fingerprint density at radius 1 is 0.808 bits per heavy atom. The number of unbranched alkanes of at least 4 members (excludes halogenated alkanes) is 5. The Hall–Kier alpha value is -6.04. The lowest BCUT2D eigenvalue weighted by atomic mass is 9.98. The number of nitrogens with zero attached hydrogens (tertiary/aromatic N) is 6. The van der Waals surface area contributed by atoms with Gasteiger partial charge in [0.05, 0.1) is 28.4 Å². The van der Waals surface area contributed by atoms with Crippen LogP contribution in [-0.4, -0.2) is 99.8 Å². The zero-order valence-corrected chi connectivity index (χ0v) is 44.5. The predicted molar refractivity (Wildman–Crippen MR) is 295 cm³/mol. The van der Waals surface area contributed by atoms with Gasteiger partial charge in [0.25, 0.3) is 11.5 Å². The van der Waals surface area contributed by atoms with Crippen molar-refractivity contribution in [3.05, 3.63) is 165 Å². The maximum Gasteiger partial charge on any atom is 0.261 e. The molecule has 1 saturated heterocycles. The molecule has 386 valence electrons. The number of hydrogen-bond acceptors (Lipinski definition) is 9. The number of fused-ring (bicyclic) bond motifs is 1. The molecule has 3 N–H and O–H groups in total. The van der Waals surface area contributed by atoms with E-state index in [4.69, 9.17) is 28.8 Å². The topological polar surface area (TPSA) is 162 Å². The number of piperazine rings is 1. The monoisotopic (exact) mass is 1050 g/mol. The van der Waals surface area contributed by atoms with Gasteiger partial charge in [0, 0.05) is 80.9 Å². The number of benzene rings is 4. The summed E-state index contributed by atoms with van der Waals surface area (Å²) in [6.45, 7) is 10.8. The maximum atomic E-state index is 14.6. The molecule has 1 aliphatic heterocycles. The van der Waals surface area contributed by atoms with Crippen molar-refractivity contribution >= 4 is 67.4 Å². The summed E-state index contributed by atoms with van der Waals surface area (Å²) in [5.41, 5.74) is 4.48. The lowest BCUT2D eigenvalue weighted by Crippen LogP contribution is -2.48. The van der Waals surface area contributed by atoms with E-state index in [-0.39, 0.29) is 34.7 Å². The second-order valence-corrected chi connectivity index (χ2v) is 21.9. The van der Waals surface area contributed by atoms with Crippen LogP contribution in [0.5, 0.6) is 0 Å². The van der Waals surface area contributed by atoms with E-state index in [0.29, 0.717) is 96.8 Å². The number of nitrogens with one attached hydrogen (secondary N) is 3. The molecule has 0 unspecified atom stereocenters. The summed E-state index contributed by atoms with van der Waals surface area (Å²) in [4.78, 5) is 55.5. The maximum absolute atomic E-state index is 14.6. The van der Waals surface area contributed by atoms with E-state index < -0.39 is 16.1 Å². The van der Waals surface area contributed by atoms with Crippen LogP contribution < -0.4 is 21.5 Å². The fourth-order valence-corrected chi connectivity index (χ4v) is 11.0. The fourth-order valence-electron chi connectivity index (χ4n) is 9.19. The number of anilines is 1. The number of aryl methyl sites for hydroxylation is 1. The average Bonchev–Trinajstić information content (AvgIpc) is 3.39. The van der Waals surface area contributed by atoms with Crippen LogP contribution in [-0.2, 0) is 27.9 Å². The third-order valence-electron chi connectivity index (χ3n) is 13.2. The summed E-state index contributed by atoms with van der Waals surface area (Å²) in [6.07, 6.45) is 10.4. The third kappa shape index (κ3) is 15.5. The van der Waals surface area contributed by atoms with Crippen molar-refractivity contribution in [2.24, 2.45) is 5.92 Å². The number of sulfonamides is 1. The van der Waals surface area contributed by atoms with E-state index >= 15 is 0 Å². The van der Waals surface area contributed by atoms with Crippen LogP contribution in [0.15, 0.2) is 131 Å². The lowest BCUT2D eigenvalue weighted by molar-refractivity contribution is -0.121. The van der Waals surface area contributed by atoms with Crippen molar-refractivity contribution in [2.45, 2.75) is 96.2 Å². The molecule has 0 aliphatic carbocycles. The van der Waals surface area contributed by atoms with E-state index in [2.05, 4.69) is 25.8 Å². The normalized spacial score (nSPS) is 13.7. The quantitative estimate of drug-likeness (QED) is 0.0391. The number of amides is 2. The Bertz CT molecular complexity index is 2940. The molecule has 2 aromatic heterocycles. The van der Waals surface area contributed by atoms with Crippen LogP contribution in [0.2, 0.25) is 5.02 Å². The molecule has 6 aromatic rings. The summed E-state index contributed by atoms with van der Waals surface area (Å²) in [5, 5.41) is 10.7. The molecule has 14 nitrogen and oxygen atoms in total. The second-order valence-electron chi connectivity index (χ2n) is 19.1. The third-order valence-corrected chi connectivity index (χ3v) is 15.6. The average molecular weight is 1050 g/mol. The van der Waals surface area contributed by atoms with Gasteiger partial charge in [0.1, 0.15) is 5.82 Å². The van der Waals surface area contributed by atoms with Gasteiger partial charge in [-0.1, -0.05) is 105 Å². The van der Waals surface area contributed by atoms with E-state index in [0.717, 1.165) is 61.8 Å². The molecule has 0 radical (unpaired) electrons. The highest BCUT2D eigenvalue weighted by Crippen LogP contribution is 2.31. The highest BCUT2D eigenvalue weighted by atomic mass is 35.5. The summed E-state index contributed by atoms with van der Waals surface area (Å²) in [7, 11) is -3.61. The van der Waals surface area contributed by atoms with Crippen LogP contribution in [0.25, 0.3) is 10.9 Å². The standard InChI is InChI=1S/C56H68ClN9O5S2/c1-41(2)52(53-62-50-37-46(57)23-28-49(50)55(69)66(53)40-43-15-9-8-10-16-43)65(54(68)45-21-19-42(3)20-22-45)32-14-30-59-51(67)18-11-6-4-5-7-12-31-63-33-35-64(36-34-63)73(70,71)48-26-24-47(25-27-48)61-56(72)60-39-44-17-13-29-58-38-44/h8-10,13,15-17,19-29,37-38,41,52H,4-7,11-12,14,18,30-36,39-40H2,1-3H3,(H,59,67)(H2,60,61,72)/t52-/m1/s1. The molecule has 0 spiro atoms. The van der Waals surface area contributed by atoms with Gasteiger partial charge >= 0.3 is 0 Å². The Balaban J connectivity index is 0.827. The number of rotatable bonds is 24. The SMILES string of the molecule is Cc1ccc(C(=O)N(CCCNC(=O)CCCCCCCCN2CCN(S(=O)(=O)c3ccc(NC(=S)NCc4cccnc4)cc3)CC2)[C@@H](c2nc3cc(Cl)ccc3c(=O)n2Cc2ccccc2)C(C)C)cc1. The summed E-state index contributed by atoms with van der Waals surface area (Å²) >= 11 is 11.8. The number of halogens is 1. The Morgan fingerprint density at radius 2 is 1.51 bits per heavy atom. The molecule has 0 bridgehead atoms. The molecule has 1 fully saturated rings. The van der Waals surface area contributed by atoms with Crippen molar-refractivity contribution in [1.82, 2.24) is 39.3 Å². The van der Waals surface area contributed by atoms with Gasteiger partial charge in [-0.05, 0) is 123 Å². The first-order chi connectivity index (χ1) is 35.3. The highest BCUT2D eigenvalue weighted by molar-refractivity contribution is 7.89. The van der Waals surface area contributed by atoms with Gasteiger partial charge in [-0.2, -0.15) is 4.31 Å². The number of hydrogen-bond donors (Lipinski definition) is 3. The Labute approximate surface area is 440 Å². The predicted octanol–water partition coefficient (Wildman–Crippen LogP) is 9.37. The van der Waals surface area contributed by atoms with Crippen LogP contribution in [0.4, 0.5) is 5.69 Å². The molecule has 17 heteroatoms. The summed E-state index contributed by atoms with van der Waals surface area (Å²) < 4.78 is 30.2. The Morgan fingerprint density at radius 3 is 2.21 bits per heavy atom. The van der Waals surface area contributed by atoms with Gasteiger partial charge in [0.2, 0.25) is 15.9 Å². The van der Waals surface area contributed by atoms with Crippen LogP contribution in [0.1, 0.15) is 104 Å². The van der Waals surface area contributed by atoms with Gasteiger partial charge in [-0.25, -0.2) is 13.4 Å². The number of pyridine rings is 1. The number of thiocarbonyl (C=S) groups is 1. The van der Waals surface area contributed by atoms with Crippen LogP contribution in [0.3, 0.4) is 0 Å². The summed E-state index contributed by atoms with van der Waals surface area (Å²) in [5.74, 6) is 0.166. The molecule has 3 heterocycles. The van der Waals surface area contributed by atoms with Crippen molar-refractivity contribution in [2.75, 3.05) is 51.1 Å². The molecule has 2 amide bonds. The first kappa shape index (κ1) is 54.7. The molecule has 4 aromatic carbocycles. The lowest BCUT2D eigenvalue weighted by Gasteiger charge is -2.35.